The summed E-state index contributed by atoms with van der Waals surface area (Å²) in [5.41, 5.74) is 4.21. The molecule has 0 amide bonds. The number of anilines is 1. The monoisotopic (exact) mass is 401 g/mol. The summed E-state index contributed by atoms with van der Waals surface area (Å²) < 4.78 is 11.6. The molecule has 0 saturated heterocycles. The molecule has 3 aromatic carbocycles. The van der Waals surface area contributed by atoms with Crippen molar-refractivity contribution in [3.63, 3.8) is 0 Å². The second kappa shape index (κ2) is 9.03. The maximum absolute atomic E-state index is 6.10. The van der Waals surface area contributed by atoms with Gasteiger partial charge in [0.1, 0.15) is 6.61 Å². The molecule has 0 fully saturated rings. The molecule has 0 heterocycles. The first-order valence-electron chi connectivity index (χ1n) is 8.60. The van der Waals surface area contributed by atoms with E-state index in [1.807, 2.05) is 24.3 Å². The average molecular weight is 402 g/mol. The topological polar surface area (TPSA) is 30.5 Å². The predicted octanol–water partition coefficient (Wildman–Crippen LogP) is 6.50. The zero-order chi connectivity index (χ0) is 19.2. The Hall–Kier alpha value is -2.36. The molecule has 0 saturated carbocycles. The van der Waals surface area contributed by atoms with Crippen molar-refractivity contribution in [3.8, 4) is 11.5 Å². The zero-order valence-electron chi connectivity index (χ0n) is 15.3. The second-order valence-corrected chi connectivity index (χ2v) is 7.02. The molecule has 3 rings (SSSR count). The van der Waals surface area contributed by atoms with Gasteiger partial charge in [0.25, 0.3) is 0 Å². The number of para-hydroxylation sites is 1. The lowest BCUT2D eigenvalue weighted by Gasteiger charge is -2.16. The van der Waals surface area contributed by atoms with Crippen LogP contribution in [0, 0.1) is 6.92 Å². The molecule has 3 aromatic rings. The molecule has 0 aliphatic rings. The molecule has 3 nitrogen and oxygen atoms in total. The van der Waals surface area contributed by atoms with Gasteiger partial charge in [0.2, 0.25) is 0 Å². The van der Waals surface area contributed by atoms with Crippen LogP contribution in [0.4, 0.5) is 5.69 Å². The van der Waals surface area contributed by atoms with Crippen molar-refractivity contribution < 1.29 is 9.47 Å². The molecule has 5 heteroatoms. The highest BCUT2D eigenvalue weighted by molar-refractivity contribution is 6.42. The summed E-state index contributed by atoms with van der Waals surface area (Å²) >= 11 is 12.1. The van der Waals surface area contributed by atoms with E-state index in [-0.39, 0.29) is 0 Å². The van der Waals surface area contributed by atoms with Crippen LogP contribution in [-0.2, 0) is 13.2 Å². The molecule has 140 valence electrons. The first-order valence-corrected chi connectivity index (χ1v) is 9.35. The van der Waals surface area contributed by atoms with E-state index >= 15 is 0 Å². The number of nitrogens with one attached hydrogen (secondary N) is 1. The Morgan fingerprint density at radius 1 is 0.926 bits per heavy atom. The van der Waals surface area contributed by atoms with Crippen LogP contribution in [0.15, 0.2) is 60.7 Å². The normalized spacial score (nSPS) is 10.5. The Bertz CT molecular complexity index is 911. The Kier molecular flexibility index (Phi) is 6.49. The van der Waals surface area contributed by atoms with Crippen molar-refractivity contribution >= 4 is 28.9 Å². The van der Waals surface area contributed by atoms with Crippen LogP contribution >= 0.6 is 23.2 Å². The van der Waals surface area contributed by atoms with Crippen LogP contribution in [0.5, 0.6) is 11.5 Å². The maximum atomic E-state index is 6.10. The average Bonchev–Trinajstić information content (AvgIpc) is 2.68. The Morgan fingerprint density at radius 2 is 1.70 bits per heavy atom. The quantitative estimate of drug-likeness (QED) is 0.489. The minimum absolute atomic E-state index is 0.473. The van der Waals surface area contributed by atoms with E-state index in [0.29, 0.717) is 28.9 Å². The number of hydrogen-bond donors (Lipinski definition) is 1. The van der Waals surface area contributed by atoms with Gasteiger partial charge in [-0.3, -0.25) is 0 Å². The van der Waals surface area contributed by atoms with Gasteiger partial charge in [0.05, 0.1) is 17.2 Å². The van der Waals surface area contributed by atoms with Crippen molar-refractivity contribution in [1.29, 1.82) is 0 Å². The van der Waals surface area contributed by atoms with E-state index in [0.717, 1.165) is 22.6 Å². The van der Waals surface area contributed by atoms with Crippen LogP contribution in [0.3, 0.4) is 0 Å². The summed E-state index contributed by atoms with van der Waals surface area (Å²) in [5.74, 6) is 1.43. The highest BCUT2D eigenvalue weighted by Gasteiger charge is 2.11. The molecular weight excluding hydrogens is 381 g/mol. The summed E-state index contributed by atoms with van der Waals surface area (Å²) in [4.78, 5) is 0. The van der Waals surface area contributed by atoms with Crippen molar-refractivity contribution in [3.05, 3.63) is 87.4 Å². The van der Waals surface area contributed by atoms with Gasteiger partial charge in [-0.2, -0.15) is 0 Å². The largest absolute Gasteiger partial charge is 0.493 e. The van der Waals surface area contributed by atoms with Crippen LogP contribution in [0.1, 0.15) is 16.7 Å². The third-order valence-electron chi connectivity index (χ3n) is 4.19. The van der Waals surface area contributed by atoms with E-state index in [1.54, 1.807) is 19.2 Å². The highest BCUT2D eigenvalue weighted by Crippen LogP contribution is 2.33. The van der Waals surface area contributed by atoms with E-state index < -0.39 is 0 Å². The maximum Gasteiger partial charge on any atom is 0.166 e. The van der Waals surface area contributed by atoms with Crippen LogP contribution in [0.25, 0.3) is 0 Å². The zero-order valence-corrected chi connectivity index (χ0v) is 16.8. The molecule has 0 atom stereocenters. The van der Waals surface area contributed by atoms with E-state index in [2.05, 4.69) is 36.5 Å². The van der Waals surface area contributed by atoms with Gasteiger partial charge in [-0.25, -0.2) is 0 Å². The predicted molar refractivity (Wildman–Crippen MR) is 112 cm³/mol. The molecule has 0 aliphatic carbocycles. The lowest BCUT2D eigenvalue weighted by atomic mass is 10.1. The van der Waals surface area contributed by atoms with E-state index in [1.165, 1.54) is 5.56 Å². The first-order chi connectivity index (χ1) is 13.1. The van der Waals surface area contributed by atoms with Crippen LogP contribution < -0.4 is 14.8 Å². The van der Waals surface area contributed by atoms with E-state index in [9.17, 15) is 0 Å². The summed E-state index contributed by atoms with van der Waals surface area (Å²) in [6, 6.07) is 19.6. The smallest absolute Gasteiger partial charge is 0.166 e. The van der Waals surface area contributed by atoms with Gasteiger partial charge in [-0.1, -0.05) is 65.2 Å². The van der Waals surface area contributed by atoms with E-state index in [4.69, 9.17) is 32.7 Å². The Balaban J connectivity index is 1.76. The fraction of sp³-hybridized carbons (Fsp3) is 0.182. The van der Waals surface area contributed by atoms with Crippen LogP contribution in [-0.4, -0.2) is 7.11 Å². The van der Waals surface area contributed by atoms with Crippen molar-refractivity contribution in [2.24, 2.45) is 0 Å². The Labute approximate surface area is 169 Å². The number of ether oxygens (including phenoxy) is 2. The number of hydrogen-bond acceptors (Lipinski definition) is 3. The Morgan fingerprint density at radius 3 is 2.41 bits per heavy atom. The van der Waals surface area contributed by atoms with Crippen molar-refractivity contribution in [2.45, 2.75) is 20.1 Å². The molecule has 27 heavy (non-hydrogen) atoms. The standard InChI is InChI=1S/C22H21Cl2NO2/c1-15-6-8-16(9-7-15)14-27-22-17(4-3-5-21(22)26-2)13-25-18-10-11-19(23)20(24)12-18/h3-12,25H,13-14H2,1-2H3. The summed E-state index contributed by atoms with van der Waals surface area (Å²) in [6.07, 6.45) is 0. The summed E-state index contributed by atoms with van der Waals surface area (Å²) in [7, 11) is 1.64. The van der Waals surface area contributed by atoms with Crippen molar-refractivity contribution in [2.75, 3.05) is 12.4 Å². The molecule has 0 aliphatic heterocycles. The highest BCUT2D eigenvalue weighted by atomic mass is 35.5. The van der Waals surface area contributed by atoms with Gasteiger partial charge < -0.3 is 14.8 Å². The third kappa shape index (κ3) is 5.09. The number of benzene rings is 3. The molecule has 0 unspecified atom stereocenters. The van der Waals surface area contributed by atoms with Gasteiger partial charge >= 0.3 is 0 Å². The second-order valence-electron chi connectivity index (χ2n) is 6.21. The molecular formula is C22H21Cl2NO2. The molecule has 0 spiro atoms. The minimum atomic E-state index is 0.473. The summed E-state index contributed by atoms with van der Waals surface area (Å²) in [5, 5.41) is 4.40. The van der Waals surface area contributed by atoms with Crippen molar-refractivity contribution in [1.82, 2.24) is 0 Å². The minimum Gasteiger partial charge on any atom is -0.493 e. The van der Waals surface area contributed by atoms with Gasteiger partial charge in [-0.05, 0) is 36.8 Å². The lowest BCUT2D eigenvalue weighted by molar-refractivity contribution is 0.281. The lowest BCUT2D eigenvalue weighted by Crippen LogP contribution is -2.05. The molecule has 0 aromatic heterocycles. The summed E-state index contributed by atoms with van der Waals surface area (Å²) in [6.45, 7) is 3.11. The number of halogens is 2. The number of rotatable bonds is 7. The molecule has 1 N–H and O–H groups in total. The third-order valence-corrected chi connectivity index (χ3v) is 4.93. The van der Waals surface area contributed by atoms with Crippen LogP contribution in [0.2, 0.25) is 10.0 Å². The molecule has 0 radical (unpaired) electrons. The number of methoxy groups -OCH3 is 1. The number of aryl methyl sites for hydroxylation is 1. The van der Waals surface area contributed by atoms with Gasteiger partial charge in [0.15, 0.2) is 11.5 Å². The fourth-order valence-corrected chi connectivity index (χ4v) is 2.97. The van der Waals surface area contributed by atoms with Gasteiger partial charge in [0, 0.05) is 17.8 Å². The fourth-order valence-electron chi connectivity index (χ4n) is 2.67. The SMILES string of the molecule is COc1cccc(CNc2ccc(Cl)c(Cl)c2)c1OCc1ccc(C)cc1. The molecule has 0 bridgehead atoms. The van der Waals surface area contributed by atoms with Gasteiger partial charge in [-0.15, -0.1) is 0 Å². The first kappa shape index (κ1) is 19.4.